The van der Waals surface area contributed by atoms with E-state index in [0.717, 1.165) is 11.1 Å². The van der Waals surface area contributed by atoms with Crippen molar-refractivity contribution in [2.75, 3.05) is 4.90 Å². The Morgan fingerprint density at radius 3 is 2.66 bits per heavy atom. The quantitative estimate of drug-likeness (QED) is 0.242. The van der Waals surface area contributed by atoms with Gasteiger partial charge in [0.15, 0.2) is 0 Å². The number of amides is 5. The molecule has 0 saturated heterocycles. The van der Waals surface area contributed by atoms with Crippen molar-refractivity contribution in [2.45, 2.75) is 64.1 Å². The third-order valence-corrected chi connectivity index (χ3v) is 6.15. The average Bonchev–Trinajstić information content (AvgIpc) is 3.13. The Morgan fingerprint density at radius 1 is 1.29 bits per heavy atom. The van der Waals surface area contributed by atoms with E-state index in [4.69, 9.17) is 10.8 Å². The molecule has 188 valence electrons. The van der Waals surface area contributed by atoms with E-state index in [1.165, 1.54) is 18.0 Å². The molecule has 12 heteroatoms. The van der Waals surface area contributed by atoms with Crippen molar-refractivity contribution in [3.05, 3.63) is 29.3 Å². The SMILES string of the molecule is CC[C@@H](/C=N/NC(N)=O)NC(=O)[C@@H]1Cc2cccc3c2N1C(=O)[C@@H](NC(=O)[C@@H](C)CC(=O)O)CC3. The van der Waals surface area contributed by atoms with E-state index < -0.39 is 53.8 Å². The molecule has 0 aromatic heterocycles. The van der Waals surface area contributed by atoms with Gasteiger partial charge in [-0.25, -0.2) is 10.2 Å². The molecule has 5 amide bonds. The summed E-state index contributed by atoms with van der Waals surface area (Å²) in [5.74, 6) is -3.25. The van der Waals surface area contributed by atoms with Crippen LogP contribution >= 0.6 is 0 Å². The lowest BCUT2D eigenvalue weighted by Crippen LogP contribution is -2.56. The third kappa shape index (κ3) is 5.94. The smallest absolute Gasteiger partial charge is 0.332 e. The van der Waals surface area contributed by atoms with Crippen LogP contribution in [0.2, 0.25) is 0 Å². The zero-order valence-electron chi connectivity index (χ0n) is 19.6. The molecule has 0 aliphatic carbocycles. The monoisotopic (exact) mass is 486 g/mol. The number of aryl methyl sites for hydroxylation is 1. The lowest BCUT2D eigenvalue weighted by Gasteiger charge is -2.29. The second-order valence-corrected chi connectivity index (χ2v) is 8.73. The van der Waals surface area contributed by atoms with Crippen molar-refractivity contribution in [1.82, 2.24) is 16.1 Å². The van der Waals surface area contributed by atoms with Crippen LogP contribution in [0.3, 0.4) is 0 Å². The molecule has 2 aliphatic heterocycles. The summed E-state index contributed by atoms with van der Waals surface area (Å²) in [6.45, 7) is 3.31. The zero-order valence-corrected chi connectivity index (χ0v) is 19.6. The maximum atomic E-state index is 13.6. The van der Waals surface area contributed by atoms with E-state index in [1.807, 2.05) is 25.1 Å². The zero-order chi connectivity index (χ0) is 25.7. The highest BCUT2D eigenvalue weighted by molar-refractivity contribution is 6.08. The van der Waals surface area contributed by atoms with Gasteiger partial charge in [-0.2, -0.15) is 5.10 Å². The maximum absolute atomic E-state index is 13.6. The molecule has 0 saturated carbocycles. The minimum atomic E-state index is -1.10. The summed E-state index contributed by atoms with van der Waals surface area (Å²) in [5.41, 5.74) is 9.52. The number of nitrogens with two attached hydrogens (primary N) is 1. The van der Waals surface area contributed by atoms with E-state index in [2.05, 4.69) is 21.2 Å². The highest BCUT2D eigenvalue weighted by Crippen LogP contribution is 2.39. The first-order valence-electron chi connectivity index (χ1n) is 11.5. The number of nitrogens with one attached hydrogen (secondary N) is 3. The van der Waals surface area contributed by atoms with Crippen molar-refractivity contribution < 1.29 is 29.1 Å². The van der Waals surface area contributed by atoms with Gasteiger partial charge in [0.25, 0.3) is 0 Å². The second kappa shape index (κ2) is 11.0. The molecule has 2 heterocycles. The summed E-state index contributed by atoms with van der Waals surface area (Å²) < 4.78 is 0. The van der Waals surface area contributed by atoms with E-state index in [-0.39, 0.29) is 6.42 Å². The van der Waals surface area contributed by atoms with Crippen LogP contribution < -0.4 is 26.7 Å². The van der Waals surface area contributed by atoms with E-state index >= 15 is 0 Å². The van der Waals surface area contributed by atoms with Crippen LogP contribution in [-0.2, 0) is 32.0 Å². The summed E-state index contributed by atoms with van der Waals surface area (Å²) in [4.78, 5) is 62.7. The highest BCUT2D eigenvalue weighted by Gasteiger charge is 2.44. The predicted octanol–water partition coefficient (Wildman–Crippen LogP) is 0.0350. The van der Waals surface area contributed by atoms with Gasteiger partial charge in [-0.3, -0.25) is 24.1 Å². The van der Waals surface area contributed by atoms with E-state index in [0.29, 0.717) is 31.4 Å². The largest absolute Gasteiger partial charge is 0.481 e. The van der Waals surface area contributed by atoms with Crippen molar-refractivity contribution in [2.24, 2.45) is 16.8 Å². The van der Waals surface area contributed by atoms with E-state index in [1.54, 1.807) is 0 Å². The van der Waals surface area contributed by atoms with Gasteiger partial charge in [-0.1, -0.05) is 32.0 Å². The number of carbonyl (C=O) groups excluding carboxylic acids is 4. The van der Waals surface area contributed by atoms with E-state index in [9.17, 15) is 24.0 Å². The number of hydrazone groups is 1. The normalized spacial score (nSPS) is 20.5. The molecule has 1 aromatic rings. The maximum Gasteiger partial charge on any atom is 0.332 e. The number of benzene rings is 1. The van der Waals surface area contributed by atoms with Gasteiger partial charge >= 0.3 is 12.0 Å². The molecule has 0 spiro atoms. The number of hydrogen-bond acceptors (Lipinski definition) is 6. The summed E-state index contributed by atoms with van der Waals surface area (Å²) in [6, 6.07) is 2.58. The van der Waals surface area contributed by atoms with Crippen LogP contribution in [0.25, 0.3) is 0 Å². The minimum Gasteiger partial charge on any atom is -0.481 e. The van der Waals surface area contributed by atoms with Crippen LogP contribution in [-0.4, -0.2) is 59.2 Å². The number of hydrogen-bond donors (Lipinski definition) is 5. The van der Waals surface area contributed by atoms with Crippen molar-refractivity contribution in [3.8, 4) is 0 Å². The lowest BCUT2D eigenvalue weighted by atomic mass is 10.0. The number of carboxylic acid groups (broad SMARTS) is 1. The van der Waals surface area contributed by atoms with Crippen LogP contribution in [0.15, 0.2) is 23.3 Å². The summed E-state index contributed by atoms with van der Waals surface area (Å²) in [7, 11) is 0. The van der Waals surface area contributed by atoms with Crippen LogP contribution in [0.1, 0.15) is 44.2 Å². The predicted molar refractivity (Wildman–Crippen MR) is 127 cm³/mol. The Hall–Kier alpha value is -3.96. The van der Waals surface area contributed by atoms with Gasteiger partial charge in [0.1, 0.15) is 12.1 Å². The first-order valence-corrected chi connectivity index (χ1v) is 11.5. The summed E-state index contributed by atoms with van der Waals surface area (Å²) in [5, 5.41) is 18.2. The fourth-order valence-corrected chi connectivity index (χ4v) is 4.36. The molecule has 12 nitrogen and oxygen atoms in total. The molecule has 1 aromatic carbocycles. The fraction of sp³-hybridized carbons (Fsp3) is 0.478. The third-order valence-electron chi connectivity index (χ3n) is 6.15. The van der Waals surface area contributed by atoms with Gasteiger partial charge in [0.2, 0.25) is 17.7 Å². The molecule has 0 radical (unpaired) electrons. The number of anilines is 1. The number of rotatable bonds is 9. The van der Waals surface area contributed by atoms with Crippen molar-refractivity contribution in [3.63, 3.8) is 0 Å². The van der Waals surface area contributed by atoms with Gasteiger partial charge < -0.3 is 21.5 Å². The fourth-order valence-electron chi connectivity index (χ4n) is 4.36. The number of carboxylic acids is 1. The van der Waals surface area contributed by atoms with Crippen LogP contribution in [0.5, 0.6) is 0 Å². The highest BCUT2D eigenvalue weighted by atomic mass is 16.4. The Kier molecular flexibility index (Phi) is 8.05. The molecule has 0 bridgehead atoms. The molecular formula is C23H30N6O6. The van der Waals surface area contributed by atoms with Gasteiger partial charge in [-0.15, -0.1) is 0 Å². The first kappa shape index (κ1) is 25.7. The lowest BCUT2D eigenvalue weighted by molar-refractivity contribution is -0.141. The molecule has 6 N–H and O–H groups in total. The Morgan fingerprint density at radius 2 is 2.00 bits per heavy atom. The number of para-hydroxylation sites is 1. The van der Waals surface area contributed by atoms with Crippen LogP contribution in [0.4, 0.5) is 10.5 Å². The first-order chi connectivity index (χ1) is 16.6. The standard InChI is InChI=1S/C23H30N6O6/c1-3-15(11-25-28-23(24)35)26-21(33)17-10-14-6-4-5-13-7-8-16(22(34)29(17)19(13)14)27-20(32)12(2)9-18(30)31/h4-6,11-12,15-17H,3,7-10H2,1-2H3,(H,26,33)(H,27,32)(H,30,31)(H3,24,28,35)/b25-11+/t12-,15-,16-,17-/m0/s1. The Bertz CT molecular complexity index is 1060. The Labute approximate surface area is 202 Å². The number of primary amides is 1. The minimum absolute atomic E-state index is 0.309. The topological polar surface area (TPSA) is 183 Å². The number of carbonyl (C=O) groups is 5. The van der Waals surface area contributed by atoms with Gasteiger partial charge in [0, 0.05) is 18.6 Å². The second-order valence-electron chi connectivity index (χ2n) is 8.73. The molecule has 0 unspecified atom stereocenters. The number of nitrogens with zero attached hydrogens (tertiary/aromatic N) is 2. The molecule has 4 atom stereocenters. The van der Waals surface area contributed by atoms with Gasteiger partial charge in [-0.05, 0) is 30.4 Å². The Balaban J connectivity index is 1.82. The molecule has 2 aliphatic rings. The van der Waals surface area contributed by atoms with Crippen molar-refractivity contribution in [1.29, 1.82) is 0 Å². The van der Waals surface area contributed by atoms with Gasteiger partial charge in [0.05, 0.1) is 18.2 Å². The average molecular weight is 487 g/mol. The summed E-state index contributed by atoms with van der Waals surface area (Å²) >= 11 is 0. The van der Waals surface area contributed by atoms with Crippen molar-refractivity contribution >= 4 is 41.6 Å². The molecule has 0 fully saturated rings. The molecular weight excluding hydrogens is 456 g/mol. The molecule has 3 rings (SSSR count). The number of aliphatic carboxylic acids is 1. The van der Waals surface area contributed by atoms with Crippen LogP contribution in [0, 0.1) is 5.92 Å². The number of urea groups is 1. The molecule has 35 heavy (non-hydrogen) atoms. The summed E-state index contributed by atoms with van der Waals surface area (Å²) in [6.07, 6.45) is 2.64.